The lowest BCUT2D eigenvalue weighted by atomic mass is 10.1. The van der Waals surface area contributed by atoms with Crippen LogP contribution in [-0.4, -0.2) is 25.8 Å². The van der Waals surface area contributed by atoms with E-state index in [4.69, 9.17) is 18.6 Å². The van der Waals surface area contributed by atoms with Gasteiger partial charge in [-0.25, -0.2) is 5.43 Å². The van der Waals surface area contributed by atoms with E-state index >= 15 is 0 Å². The molecule has 0 saturated carbocycles. The van der Waals surface area contributed by atoms with Gasteiger partial charge in [0.15, 0.2) is 17.3 Å². The molecule has 0 unspecified atom stereocenters. The first-order chi connectivity index (χ1) is 18.0. The van der Waals surface area contributed by atoms with Crippen molar-refractivity contribution in [2.45, 2.75) is 26.9 Å². The van der Waals surface area contributed by atoms with Crippen LogP contribution in [0.1, 0.15) is 39.7 Å². The Hall–Kier alpha value is -4.52. The standard InChI is InChI=1S/C30H30N2O5/c1-5-7-23-14-22(15-27(34-4)29(23)36-19-21-10-8-20(3)9-11-21)18-31-32-30(33)28-17-24-16-25(35-6-2)12-13-26(24)37-28/h5,8-18H,1,6-7,19H2,2-4H3,(H,32,33)/b31-18+. The Kier molecular flexibility index (Phi) is 8.26. The molecule has 7 nitrogen and oxygen atoms in total. The Morgan fingerprint density at radius 1 is 1.08 bits per heavy atom. The number of benzene rings is 3. The van der Waals surface area contributed by atoms with Crippen LogP contribution in [0.15, 0.2) is 82.8 Å². The van der Waals surface area contributed by atoms with E-state index in [1.165, 1.54) is 5.56 Å². The molecule has 190 valence electrons. The molecule has 3 aromatic carbocycles. The molecule has 4 rings (SSSR count). The van der Waals surface area contributed by atoms with E-state index < -0.39 is 5.91 Å². The number of furan rings is 1. The number of carbonyl (C=O) groups excluding carboxylic acids is 1. The van der Waals surface area contributed by atoms with Crippen LogP contribution in [0.25, 0.3) is 11.0 Å². The van der Waals surface area contributed by atoms with Crippen molar-refractivity contribution >= 4 is 23.1 Å². The fourth-order valence-electron chi connectivity index (χ4n) is 3.83. The first-order valence-corrected chi connectivity index (χ1v) is 12.0. The maximum atomic E-state index is 12.6. The van der Waals surface area contributed by atoms with Crippen molar-refractivity contribution in [2.75, 3.05) is 13.7 Å². The van der Waals surface area contributed by atoms with Crippen molar-refractivity contribution in [3.8, 4) is 17.2 Å². The number of hydrogen-bond donors (Lipinski definition) is 1. The number of methoxy groups -OCH3 is 1. The number of aryl methyl sites for hydroxylation is 1. The average Bonchev–Trinajstić information content (AvgIpc) is 3.33. The van der Waals surface area contributed by atoms with Gasteiger partial charge in [0.25, 0.3) is 0 Å². The monoisotopic (exact) mass is 498 g/mol. The summed E-state index contributed by atoms with van der Waals surface area (Å²) >= 11 is 0. The van der Waals surface area contributed by atoms with E-state index in [0.717, 1.165) is 27.8 Å². The summed E-state index contributed by atoms with van der Waals surface area (Å²) in [4.78, 5) is 12.6. The summed E-state index contributed by atoms with van der Waals surface area (Å²) in [5.41, 5.74) is 7.00. The molecule has 1 amide bonds. The lowest BCUT2D eigenvalue weighted by Crippen LogP contribution is -2.16. The van der Waals surface area contributed by atoms with Gasteiger partial charge in [0.05, 0.1) is 19.9 Å². The topological polar surface area (TPSA) is 82.3 Å². The molecule has 37 heavy (non-hydrogen) atoms. The van der Waals surface area contributed by atoms with Crippen LogP contribution in [0.2, 0.25) is 0 Å². The SMILES string of the molecule is C=CCc1cc(/C=N/NC(=O)c2cc3cc(OCC)ccc3o2)cc(OC)c1OCc1ccc(C)cc1. The number of hydrazone groups is 1. The minimum absolute atomic E-state index is 0.158. The molecule has 4 aromatic rings. The summed E-state index contributed by atoms with van der Waals surface area (Å²) in [6.45, 7) is 8.79. The van der Waals surface area contributed by atoms with Crippen molar-refractivity contribution in [1.29, 1.82) is 0 Å². The zero-order valence-corrected chi connectivity index (χ0v) is 21.2. The molecule has 0 saturated heterocycles. The Bertz CT molecular complexity index is 1420. The highest BCUT2D eigenvalue weighted by Crippen LogP contribution is 2.34. The lowest BCUT2D eigenvalue weighted by Gasteiger charge is -2.16. The first kappa shape index (κ1) is 25.6. The third kappa shape index (κ3) is 6.38. The summed E-state index contributed by atoms with van der Waals surface area (Å²) in [6.07, 6.45) is 3.93. The van der Waals surface area contributed by atoms with Gasteiger partial charge in [-0.2, -0.15) is 5.10 Å². The minimum atomic E-state index is -0.457. The molecular formula is C30H30N2O5. The Balaban J connectivity index is 1.48. The van der Waals surface area contributed by atoms with Gasteiger partial charge in [-0.1, -0.05) is 35.9 Å². The lowest BCUT2D eigenvalue weighted by molar-refractivity contribution is 0.0929. The van der Waals surface area contributed by atoms with Gasteiger partial charge in [-0.15, -0.1) is 6.58 Å². The molecule has 7 heteroatoms. The largest absolute Gasteiger partial charge is 0.494 e. The third-order valence-electron chi connectivity index (χ3n) is 5.64. The molecule has 0 atom stereocenters. The zero-order chi connectivity index (χ0) is 26.2. The van der Waals surface area contributed by atoms with E-state index in [0.29, 0.717) is 36.7 Å². The van der Waals surface area contributed by atoms with Gasteiger partial charge in [-0.3, -0.25) is 4.79 Å². The predicted octanol–water partition coefficient (Wildman–Crippen LogP) is 6.22. The number of fused-ring (bicyclic) bond motifs is 1. The summed E-state index contributed by atoms with van der Waals surface area (Å²) in [5.74, 6) is 1.64. The van der Waals surface area contributed by atoms with E-state index in [2.05, 4.69) is 29.2 Å². The van der Waals surface area contributed by atoms with Crippen molar-refractivity contribution < 1.29 is 23.4 Å². The van der Waals surface area contributed by atoms with Crippen LogP contribution >= 0.6 is 0 Å². The minimum Gasteiger partial charge on any atom is -0.494 e. The van der Waals surface area contributed by atoms with E-state index in [1.54, 1.807) is 37.6 Å². The van der Waals surface area contributed by atoms with Crippen LogP contribution in [0.4, 0.5) is 0 Å². The van der Waals surface area contributed by atoms with E-state index in [9.17, 15) is 4.79 Å². The number of rotatable bonds is 11. The summed E-state index contributed by atoms with van der Waals surface area (Å²) in [5, 5.41) is 4.89. The first-order valence-electron chi connectivity index (χ1n) is 12.0. The molecule has 0 spiro atoms. The van der Waals surface area contributed by atoms with Gasteiger partial charge in [0.2, 0.25) is 0 Å². The van der Waals surface area contributed by atoms with Crippen molar-refractivity contribution in [2.24, 2.45) is 5.10 Å². The maximum Gasteiger partial charge on any atom is 0.307 e. The highest BCUT2D eigenvalue weighted by molar-refractivity contribution is 5.96. The van der Waals surface area contributed by atoms with Crippen molar-refractivity contribution in [3.05, 3.63) is 101 Å². The molecule has 0 bridgehead atoms. The normalized spacial score (nSPS) is 11.0. The number of ether oxygens (including phenoxy) is 3. The second-order valence-corrected chi connectivity index (χ2v) is 8.42. The molecule has 0 aliphatic heterocycles. The predicted molar refractivity (Wildman–Crippen MR) is 145 cm³/mol. The highest BCUT2D eigenvalue weighted by atomic mass is 16.5. The number of amides is 1. The maximum absolute atomic E-state index is 12.6. The van der Waals surface area contributed by atoms with Gasteiger partial charge >= 0.3 is 5.91 Å². The molecule has 1 aromatic heterocycles. The van der Waals surface area contributed by atoms with Gasteiger partial charge in [-0.05, 0) is 67.8 Å². The molecule has 1 heterocycles. The quantitative estimate of drug-likeness (QED) is 0.151. The van der Waals surface area contributed by atoms with Crippen LogP contribution in [0.5, 0.6) is 17.2 Å². The Morgan fingerprint density at radius 3 is 2.62 bits per heavy atom. The van der Waals surface area contributed by atoms with E-state index in [1.807, 2.05) is 44.2 Å². The molecule has 0 aliphatic rings. The number of hydrogen-bond acceptors (Lipinski definition) is 6. The van der Waals surface area contributed by atoms with Crippen LogP contribution < -0.4 is 19.6 Å². The summed E-state index contributed by atoms with van der Waals surface area (Å²) in [6, 6.07) is 19.0. The molecule has 0 fully saturated rings. The number of allylic oxidation sites excluding steroid dienone is 1. The Morgan fingerprint density at radius 2 is 1.89 bits per heavy atom. The molecule has 1 N–H and O–H groups in total. The summed E-state index contributed by atoms with van der Waals surface area (Å²) in [7, 11) is 1.59. The number of nitrogens with one attached hydrogen (secondary N) is 1. The average molecular weight is 499 g/mol. The van der Waals surface area contributed by atoms with E-state index in [-0.39, 0.29) is 5.76 Å². The fraction of sp³-hybridized carbons (Fsp3) is 0.200. The van der Waals surface area contributed by atoms with Crippen LogP contribution in [0, 0.1) is 6.92 Å². The van der Waals surface area contributed by atoms with Crippen LogP contribution in [0.3, 0.4) is 0 Å². The van der Waals surface area contributed by atoms with Gasteiger partial charge < -0.3 is 18.6 Å². The molecule has 0 aliphatic carbocycles. The van der Waals surface area contributed by atoms with Gasteiger partial charge in [0.1, 0.15) is 17.9 Å². The fourth-order valence-corrected chi connectivity index (χ4v) is 3.83. The number of nitrogens with zero attached hydrogens (tertiary/aromatic N) is 1. The molecular weight excluding hydrogens is 468 g/mol. The third-order valence-corrected chi connectivity index (χ3v) is 5.64. The van der Waals surface area contributed by atoms with Crippen LogP contribution in [-0.2, 0) is 13.0 Å². The highest BCUT2D eigenvalue weighted by Gasteiger charge is 2.14. The second kappa shape index (κ2) is 11.9. The van der Waals surface area contributed by atoms with Gasteiger partial charge in [0, 0.05) is 10.9 Å². The molecule has 0 radical (unpaired) electrons. The second-order valence-electron chi connectivity index (χ2n) is 8.42. The van der Waals surface area contributed by atoms with Crippen molar-refractivity contribution in [3.63, 3.8) is 0 Å². The Labute approximate surface area is 216 Å². The summed E-state index contributed by atoms with van der Waals surface area (Å²) < 4.78 is 22.9. The smallest absolute Gasteiger partial charge is 0.307 e. The zero-order valence-electron chi connectivity index (χ0n) is 21.2. The number of carbonyl (C=O) groups is 1. The van der Waals surface area contributed by atoms with Crippen molar-refractivity contribution in [1.82, 2.24) is 5.43 Å².